The molecular weight excluding hydrogens is 300 g/mol. The zero-order chi connectivity index (χ0) is 16.5. The number of nitrogens with one attached hydrogen (secondary N) is 2. The van der Waals surface area contributed by atoms with E-state index < -0.39 is 0 Å². The lowest BCUT2D eigenvalue weighted by atomic mass is 9.91. The Morgan fingerprint density at radius 2 is 2.17 bits per heavy atom. The fraction of sp³-hybridized carbons (Fsp3) is 0.368. The maximum absolute atomic E-state index is 11.5. The smallest absolute Gasteiger partial charge is 0.248 e. The molecule has 0 amide bonds. The Labute approximate surface area is 140 Å². The van der Waals surface area contributed by atoms with E-state index in [1.807, 2.05) is 12.1 Å². The zero-order valence-electron chi connectivity index (χ0n) is 13.9. The molecule has 0 spiro atoms. The normalized spacial score (nSPS) is 17.1. The number of nitrogens with zero attached hydrogens (tertiary/aromatic N) is 2. The third-order valence-corrected chi connectivity index (χ3v) is 4.89. The van der Waals surface area contributed by atoms with Crippen molar-refractivity contribution in [2.45, 2.75) is 45.3 Å². The highest BCUT2D eigenvalue weighted by atomic mass is 16.1. The quantitative estimate of drug-likeness (QED) is 0.776. The van der Waals surface area contributed by atoms with Gasteiger partial charge in [-0.15, -0.1) is 0 Å². The van der Waals surface area contributed by atoms with Gasteiger partial charge in [0.25, 0.3) is 0 Å². The van der Waals surface area contributed by atoms with Gasteiger partial charge in [-0.25, -0.2) is 4.98 Å². The van der Waals surface area contributed by atoms with E-state index in [-0.39, 0.29) is 11.6 Å². The molecule has 1 aromatic carbocycles. The Hall–Kier alpha value is -2.40. The second-order valence-electron chi connectivity index (χ2n) is 6.34. The van der Waals surface area contributed by atoms with E-state index in [1.54, 1.807) is 6.07 Å². The van der Waals surface area contributed by atoms with Gasteiger partial charge in [-0.2, -0.15) is 0 Å². The molecule has 0 aliphatic heterocycles. The minimum Gasteiger partial charge on any atom is -0.327 e. The molecule has 1 aliphatic carbocycles. The van der Waals surface area contributed by atoms with Crippen LogP contribution in [0.4, 0.5) is 0 Å². The van der Waals surface area contributed by atoms with Crippen molar-refractivity contribution in [3.63, 3.8) is 0 Å². The first-order chi connectivity index (χ1) is 11.8. The number of hydrogen-bond acceptors (Lipinski definition) is 3. The fourth-order valence-electron chi connectivity index (χ4n) is 3.74. The van der Waals surface area contributed by atoms with Gasteiger partial charge in [0.05, 0.1) is 17.6 Å². The summed E-state index contributed by atoms with van der Waals surface area (Å²) in [5.74, 6) is 1.07. The number of aromatic amines is 1. The van der Waals surface area contributed by atoms with Gasteiger partial charge in [0, 0.05) is 24.3 Å². The molecule has 1 aliphatic rings. The maximum Gasteiger partial charge on any atom is 0.248 e. The van der Waals surface area contributed by atoms with E-state index in [4.69, 9.17) is 4.98 Å². The standard InChI is InChI=1S/C19H22N4O/c1-2-23-17-9-4-3-6-16(17)21-18(23)12-20-14-7-5-8-15-13(14)10-11-19(24)22-15/h3-4,6,9-11,14,20H,2,5,7-8,12H2,1H3,(H,22,24). The molecule has 4 rings (SSSR count). The summed E-state index contributed by atoms with van der Waals surface area (Å²) in [4.78, 5) is 19.3. The predicted molar refractivity (Wildman–Crippen MR) is 95.0 cm³/mol. The lowest BCUT2D eigenvalue weighted by Gasteiger charge is -2.26. The molecule has 2 N–H and O–H groups in total. The van der Waals surface area contributed by atoms with Crippen molar-refractivity contribution in [1.29, 1.82) is 0 Å². The predicted octanol–water partition coefficient (Wildman–Crippen LogP) is 2.91. The van der Waals surface area contributed by atoms with Crippen LogP contribution in [0.25, 0.3) is 11.0 Å². The van der Waals surface area contributed by atoms with Crippen LogP contribution in [0.3, 0.4) is 0 Å². The molecule has 24 heavy (non-hydrogen) atoms. The highest BCUT2D eigenvalue weighted by Gasteiger charge is 2.21. The molecule has 0 bridgehead atoms. The average Bonchev–Trinajstić information content (AvgIpc) is 2.97. The molecule has 3 aromatic rings. The monoisotopic (exact) mass is 322 g/mol. The number of aryl methyl sites for hydroxylation is 2. The summed E-state index contributed by atoms with van der Waals surface area (Å²) in [6.07, 6.45) is 3.14. The van der Waals surface area contributed by atoms with Gasteiger partial charge >= 0.3 is 0 Å². The molecule has 0 fully saturated rings. The first kappa shape index (κ1) is 15.1. The van der Waals surface area contributed by atoms with Crippen LogP contribution in [0.15, 0.2) is 41.2 Å². The van der Waals surface area contributed by atoms with Crippen LogP contribution in [0, 0.1) is 0 Å². The van der Waals surface area contributed by atoms with Gasteiger partial charge in [0.2, 0.25) is 5.56 Å². The summed E-state index contributed by atoms with van der Waals surface area (Å²) >= 11 is 0. The number of hydrogen-bond donors (Lipinski definition) is 2. The topological polar surface area (TPSA) is 62.7 Å². The highest BCUT2D eigenvalue weighted by molar-refractivity contribution is 5.75. The van der Waals surface area contributed by atoms with E-state index >= 15 is 0 Å². The lowest BCUT2D eigenvalue weighted by Crippen LogP contribution is -2.28. The van der Waals surface area contributed by atoms with E-state index in [1.165, 1.54) is 11.1 Å². The highest BCUT2D eigenvalue weighted by Crippen LogP contribution is 2.28. The van der Waals surface area contributed by atoms with E-state index in [2.05, 4.69) is 40.0 Å². The zero-order valence-corrected chi connectivity index (χ0v) is 13.9. The third kappa shape index (κ3) is 2.65. The second kappa shape index (κ2) is 6.24. The van der Waals surface area contributed by atoms with Crippen molar-refractivity contribution in [3.05, 3.63) is 63.8 Å². The summed E-state index contributed by atoms with van der Waals surface area (Å²) in [6.45, 7) is 3.79. The Bertz CT molecular complexity index is 925. The van der Waals surface area contributed by atoms with Crippen molar-refractivity contribution >= 4 is 11.0 Å². The first-order valence-corrected chi connectivity index (χ1v) is 8.66. The van der Waals surface area contributed by atoms with Crippen LogP contribution in [-0.2, 0) is 19.5 Å². The Balaban J connectivity index is 1.59. The van der Waals surface area contributed by atoms with Crippen molar-refractivity contribution in [2.24, 2.45) is 0 Å². The largest absolute Gasteiger partial charge is 0.327 e. The van der Waals surface area contributed by atoms with Crippen molar-refractivity contribution < 1.29 is 0 Å². The number of pyridine rings is 1. The van der Waals surface area contributed by atoms with Crippen LogP contribution in [0.2, 0.25) is 0 Å². The Morgan fingerprint density at radius 3 is 3.04 bits per heavy atom. The molecule has 5 heteroatoms. The van der Waals surface area contributed by atoms with Crippen LogP contribution in [-0.4, -0.2) is 14.5 Å². The summed E-state index contributed by atoms with van der Waals surface area (Å²) < 4.78 is 2.26. The molecule has 0 saturated heterocycles. The van der Waals surface area contributed by atoms with Gasteiger partial charge in [-0.05, 0) is 43.9 Å². The van der Waals surface area contributed by atoms with Gasteiger partial charge in [-0.1, -0.05) is 18.2 Å². The Kier molecular flexibility index (Phi) is 3.94. The number of benzene rings is 1. The molecule has 124 valence electrons. The molecule has 2 aromatic heterocycles. The van der Waals surface area contributed by atoms with E-state index in [9.17, 15) is 4.79 Å². The molecule has 5 nitrogen and oxygen atoms in total. The molecule has 2 heterocycles. The lowest BCUT2D eigenvalue weighted by molar-refractivity contribution is 0.443. The number of fused-ring (bicyclic) bond motifs is 2. The number of para-hydroxylation sites is 2. The Morgan fingerprint density at radius 1 is 1.29 bits per heavy atom. The van der Waals surface area contributed by atoms with Crippen molar-refractivity contribution in [1.82, 2.24) is 19.9 Å². The van der Waals surface area contributed by atoms with E-state index in [0.717, 1.165) is 49.4 Å². The van der Waals surface area contributed by atoms with Gasteiger partial charge < -0.3 is 14.9 Å². The average molecular weight is 322 g/mol. The van der Waals surface area contributed by atoms with Gasteiger partial charge in [-0.3, -0.25) is 4.79 Å². The first-order valence-electron chi connectivity index (χ1n) is 8.66. The van der Waals surface area contributed by atoms with Gasteiger partial charge in [0.1, 0.15) is 5.82 Å². The van der Waals surface area contributed by atoms with Crippen molar-refractivity contribution in [3.8, 4) is 0 Å². The molecule has 0 saturated carbocycles. The minimum atomic E-state index is -0.0119. The number of rotatable bonds is 4. The van der Waals surface area contributed by atoms with Crippen LogP contribution >= 0.6 is 0 Å². The molecule has 0 radical (unpaired) electrons. The number of H-pyrrole nitrogens is 1. The van der Waals surface area contributed by atoms with Crippen molar-refractivity contribution in [2.75, 3.05) is 0 Å². The third-order valence-electron chi connectivity index (χ3n) is 4.89. The number of imidazole rings is 1. The fourth-order valence-corrected chi connectivity index (χ4v) is 3.74. The molecular formula is C19H22N4O. The summed E-state index contributed by atoms with van der Waals surface area (Å²) in [5.41, 5.74) is 4.52. The second-order valence-corrected chi connectivity index (χ2v) is 6.34. The molecule has 1 atom stereocenters. The van der Waals surface area contributed by atoms with Crippen LogP contribution < -0.4 is 10.9 Å². The van der Waals surface area contributed by atoms with Crippen LogP contribution in [0.1, 0.15) is 42.9 Å². The minimum absolute atomic E-state index is 0.0119. The summed E-state index contributed by atoms with van der Waals surface area (Å²) in [5, 5.41) is 3.64. The number of aromatic nitrogens is 3. The van der Waals surface area contributed by atoms with Gasteiger partial charge in [0.15, 0.2) is 0 Å². The summed E-state index contributed by atoms with van der Waals surface area (Å²) in [6, 6.07) is 12.1. The maximum atomic E-state index is 11.5. The van der Waals surface area contributed by atoms with Crippen LogP contribution in [0.5, 0.6) is 0 Å². The SMILES string of the molecule is CCn1c(CNC2CCCc3[nH]c(=O)ccc32)nc2ccccc21. The summed E-state index contributed by atoms with van der Waals surface area (Å²) in [7, 11) is 0. The van der Waals surface area contributed by atoms with E-state index in [0.29, 0.717) is 0 Å². The molecule has 1 unspecified atom stereocenters.